The van der Waals surface area contributed by atoms with Crippen molar-refractivity contribution >= 4 is 11.6 Å². The van der Waals surface area contributed by atoms with Crippen molar-refractivity contribution in [3.8, 4) is 11.3 Å². The molecule has 1 amide bonds. The molecule has 1 aliphatic heterocycles. The van der Waals surface area contributed by atoms with Crippen molar-refractivity contribution < 1.29 is 18.0 Å². The monoisotopic (exact) mass is 420 g/mol. The predicted octanol–water partition coefficient (Wildman–Crippen LogP) is 3.86. The summed E-state index contributed by atoms with van der Waals surface area (Å²) in [6.07, 6.45) is 0.869. The normalized spacial score (nSPS) is 20.2. The highest BCUT2D eigenvalue weighted by atomic mass is 19.4. The number of amides is 1. The first-order chi connectivity index (χ1) is 14.1. The molecule has 0 radical (unpaired) electrons. The second-order valence-electron chi connectivity index (χ2n) is 7.96. The van der Waals surface area contributed by atoms with Gasteiger partial charge in [-0.15, -0.1) is 0 Å². The average molecular weight is 420 g/mol. The molecule has 10 heteroatoms. The number of likely N-dealkylation sites (tertiary alicyclic amines) is 1. The molecule has 4 heterocycles. The van der Waals surface area contributed by atoms with Crippen LogP contribution in [0.1, 0.15) is 54.9 Å². The number of rotatable bonds is 2. The maximum Gasteiger partial charge on any atom is 0.433 e. The number of carbonyl (C=O) groups excluding carboxylic acids is 1. The van der Waals surface area contributed by atoms with Crippen LogP contribution < -0.4 is 0 Å². The van der Waals surface area contributed by atoms with E-state index < -0.39 is 11.9 Å². The molecular weight excluding hydrogens is 397 g/mol. The van der Waals surface area contributed by atoms with Crippen LogP contribution in [0.2, 0.25) is 0 Å². The van der Waals surface area contributed by atoms with Crippen LogP contribution in [0.3, 0.4) is 0 Å². The zero-order valence-electron chi connectivity index (χ0n) is 17.2. The Bertz CT molecular complexity index is 1110. The number of aromatic nitrogens is 5. The summed E-state index contributed by atoms with van der Waals surface area (Å²) in [5, 5.41) is 8.07. The lowest BCUT2D eigenvalue weighted by molar-refractivity contribution is -0.142. The van der Waals surface area contributed by atoms with E-state index in [2.05, 4.69) is 15.2 Å². The van der Waals surface area contributed by atoms with E-state index in [4.69, 9.17) is 0 Å². The topological polar surface area (TPSA) is 68.3 Å². The minimum Gasteiger partial charge on any atom is -0.333 e. The van der Waals surface area contributed by atoms with E-state index in [1.54, 1.807) is 25.1 Å². The molecular formula is C20H23F3N6O. The number of aryl methyl sites for hydroxylation is 2. The Morgan fingerprint density at radius 3 is 2.43 bits per heavy atom. The van der Waals surface area contributed by atoms with E-state index in [0.29, 0.717) is 15.8 Å². The van der Waals surface area contributed by atoms with Gasteiger partial charge in [0.15, 0.2) is 11.3 Å². The van der Waals surface area contributed by atoms with Gasteiger partial charge < -0.3 is 4.90 Å². The fraction of sp³-hybridized carbons (Fsp3) is 0.500. The number of halogens is 3. The number of carbonyl (C=O) groups is 1. The van der Waals surface area contributed by atoms with Crippen LogP contribution in [-0.4, -0.2) is 47.3 Å². The highest BCUT2D eigenvalue weighted by Crippen LogP contribution is 2.34. The van der Waals surface area contributed by atoms with Crippen LogP contribution in [0.25, 0.3) is 16.9 Å². The lowest BCUT2D eigenvalue weighted by Crippen LogP contribution is -2.47. The second kappa shape index (κ2) is 7.10. The Morgan fingerprint density at radius 2 is 1.87 bits per heavy atom. The van der Waals surface area contributed by atoms with Crippen molar-refractivity contribution in [2.75, 3.05) is 0 Å². The van der Waals surface area contributed by atoms with E-state index in [-0.39, 0.29) is 34.9 Å². The summed E-state index contributed by atoms with van der Waals surface area (Å²) in [6.45, 7) is 5.62. The first-order valence-corrected chi connectivity index (χ1v) is 9.87. The van der Waals surface area contributed by atoms with Gasteiger partial charge in [-0.1, -0.05) is 0 Å². The third-order valence-corrected chi connectivity index (χ3v) is 5.71. The molecule has 1 saturated heterocycles. The lowest BCUT2D eigenvalue weighted by Gasteiger charge is -2.38. The summed E-state index contributed by atoms with van der Waals surface area (Å²) in [6, 6.07) is 0.953. The standard InChI is InChI=1S/C20H23F3N6O/c1-11-6-5-7-12(2)28(11)19(30)14-9-24-29-17(20(21,22)23)8-16(25-18(14)29)15-10-27(4)26-13(15)3/h8-12H,5-7H2,1-4H3/t11-,12-/m1/s1. The highest BCUT2D eigenvalue weighted by Gasteiger charge is 2.37. The first-order valence-electron chi connectivity index (χ1n) is 9.87. The van der Waals surface area contributed by atoms with Crippen LogP contribution in [0.15, 0.2) is 18.5 Å². The summed E-state index contributed by atoms with van der Waals surface area (Å²) >= 11 is 0. The summed E-state index contributed by atoms with van der Waals surface area (Å²) in [4.78, 5) is 19.5. The second-order valence-corrected chi connectivity index (χ2v) is 7.96. The van der Waals surface area contributed by atoms with Crippen molar-refractivity contribution in [1.82, 2.24) is 29.3 Å². The Labute approximate surface area is 171 Å². The van der Waals surface area contributed by atoms with Crippen molar-refractivity contribution in [3.63, 3.8) is 0 Å². The van der Waals surface area contributed by atoms with Crippen LogP contribution in [0, 0.1) is 6.92 Å². The molecule has 1 fully saturated rings. The fourth-order valence-electron chi connectivity index (χ4n) is 4.27. The number of piperidine rings is 1. The van der Waals surface area contributed by atoms with Crippen molar-refractivity contribution in [1.29, 1.82) is 0 Å². The molecule has 160 valence electrons. The summed E-state index contributed by atoms with van der Waals surface area (Å²) in [5.74, 6) is -0.342. The Morgan fingerprint density at radius 1 is 1.20 bits per heavy atom. The molecule has 4 rings (SSSR count). The van der Waals surface area contributed by atoms with Gasteiger partial charge in [0.25, 0.3) is 5.91 Å². The molecule has 0 aliphatic carbocycles. The average Bonchev–Trinajstić information content (AvgIpc) is 3.22. The zero-order valence-corrected chi connectivity index (χ0v) is 17.2. The molecule has 0 bridgehead atoms. The van der Waals surface area contributed by atoms with Gasteiger partial charge in [0.1, 0.15) is 5.56 Å². The molecule has 0 aromatic carbocycles. The molecule has 1 aliphatic rings. The molecule has 0 N–H and O–H groups in total. The molecule has 30 heavy (non-hydrogen) atoms. The Kier molecular flexibility index (Phi) is 4.82. The van der Waals surface area contributed by atoms with Gasteiger partial charge in [0.05, 0.1) is 17.6 Å². The molecule has 7 nitrogen and oxygen atoms in total. The van der Waals surface area contributed by atoms with Gasteiger partial charge in [-0.2, -0.15) is 23.4 Å². The zero-order chi connectivity index (χ0) is 21.8. The highest BCUT2D eigenvalue weighted by molar-refractivity contribution is 6.00. The third kappa shape index (κ3) is 3.33. The number of fused-ring (bicyclic) bond motifs is 1. The quantitative estimate of drug-likeness (QED) is 0.631. The predicted molar refractivity (Wildman–Crippen MR) is 104 cm³/mol. The lowest BCUT2D eigenvalue weighted by atomic mass is 9.97. The van der Waals surface area contributed by atoms with Crippen molar-refractivity contribution in [2.45, 2.75) is 58.3 Å². The van der Waals surface area contributed by atoms with Crippen molar-refractivity contribution in [3.05, 3.63) is 35.4 Å². The molecule has 0 spiro atoms. The Balaban J connectivity index is 1.91. The van der Waals surface area contributed by atoms with Crippen LogP contribution in [0.4, 0.5) is 13.2 Å². The summed E-state index contributed by atoms with van der Waals surface area (Å²) < 4.78 is 43.6. The summed E-state index contributed by atoms with van der Waals surface area (Å²) in [5.41, 5.74) is 0.125. The number of alkyl halides is 3. The van der Waals surface area contributed by atoms with E-state index in [9.17, 15) is 18.0 Å². The number of nitrogens with zero attached hydrogens (tertiary/aromatic N) is 6. The number of hydrogen-bond acceptors (Lipinski definition) is 4. The molecule has 0 saturated carbocycles. The number of hydrogen-bond donors (Lipinski definition) is 0. The maximum atomic E-state index is 13.8. The molecule has 3 aromatic rings. The van der Waals surface area contributed by atoms with E-state index in [1.807, 2.05) is 13.8 Å². The smallest absolute Gasteiger partial charge is 0.333 e. The van der Waals surface area contributed by atoms with E-state index in [0.717, 1.165) is 25.3 Å². The van der Waals surface area contributed by atoms with Gasteiger partial charge >= 0.3 is 6.18 Å². The maximum absolute atomic E-state index is 13.8. The van der Waals surface area contributed by atoms with E-state index >= 15 is 0 Å². The van der Waals surface area contributed by atoms with Gasteiger partial charge in [-0.25, -0.2) is 9.50 Å². The molecule has 0 unspecified atom stereocenters. The Hall–Kier alpha value is -2.91. The first kappa shape index (κ1) is 20.4. The fourth-order valence-corrected chi connectivity index (χ4v) is 4.27. The summed E-state index contributed by atoms with van der Waals surface area (Å²) in [7, 11) is 1.69. The van der Waals surface area contributed by atoms with Crippen molar-refractivity contribution in [2.24, 2.45) is 7.05 Å². The minimum absolute atomic E-state index is 0.00189. The van der Waals surface area contributed by atoms with Gasteiger partial charge in [0.2, 0.25) is 0 Å². The largest absolute Gasteiger partial charge is 0.433 e. The molecule has 3 aromatic heterocycles. The van der Waals surface area contributed by atoms with Gasteiger partial charge in [0, 0.05) is 30.9 Å². The molecule has 2 atom stereocenters. The van der Waals surface area contributed by atoms with E-state index in [1.165, 1.54) is 10.9 Å². The van der Waals surface area contributed by atoms with Crippen LogP contribution >= 0.6 is 0 Å². The SMILES string of the molecule is Cc1nn(C)cc1-c1cc(C(F)(F)F)n2ncc(C(=O)N3[C@H](C)CCC[C@H]3C)c2n1. The van der Waals surface area contributed by atoms with Crippen LogP contribution in [0.5, 0.6) is 0 Å². The van der Waals surface area contributed by atoms with Gasteiger partial charge in [-0.3, -0.25) is 9.48 Å². The minimum atomic E-state index is -4.66. The van der Waals surface area contributed by atoms with Crippen LogP contribution in [-0.2, 0) is 13.2 Å². The van der Waals surface area contributed by atoms with Gasteiger partial charge in [-0.05, 0) is 46.1 Å². The third-order valence-electron chi connectivity index (χ3n) is 5.71.